The van der Waals surface area contributed by atoms with Crippen molar-refractivity contribution < 1.29 is 8.42 Å². The minimum atomic E-state index is -3.49. The number of hydrogen-bond donors (Lipinski definition) is 2. The quantitative estimate of drug-likeness (QED) is 0.813. The first kappa shape index (κ1) is 17.1. The molecule has 0 bridgehead atoms. The molecule has 0 saturated heterocycles. The minimum Gasteiger partial charge on any atom is -0.313 e. The highest BCUT2D eigenvalue weighted by Crippen LogP contribution is 2.20. The summed E-state index contributed by atoms with van der Waals surface area (Å²) < 4.78 is 27.8. The fourth-order valence-corrected chi connectivity index (χ4v) is 3.58. The highest BCUT2D eigenvalue weighted by atomic mass is 32.2. The fourth-order valence-electron chi connectivity index (χ4n) is 1.80. The Morgan fingerprint density at radius 3 is 2.40 bits per heavy atom. The normalized spacial score (nSPS) is 12.7. The Morgan fingerprint density at radius 2 is 1.85 bits per heavy atom. The molecule has 0 unspecified atom stereocenters. The van der Waals surface area contributed by atoms with E-state index in [1.54, 1.807) is 6.07 Å². The zero-order chi connectivity index (χ0) is 15.4. The molecule has 1 aromatic carbocycles. The van der Waals surface area contributed by atoms with Crippen molar-refractivity contribution in [3.8, 4) is 0 Å². The van der Waals surface area contributed by atoms with E-state index >= 15 is 0 Å². The van der Waals surface area contributed by atoms with Gasteiger partial charge in [0.2, 0.25) is 10.0 Å². The van der Waals surface area contributed by atoms with Crippen molar-refractivity contribution in [2.24, 2.45) is 0 Å². The van der Waals surface area contributed by atoms with Crippen molar-refractivity contribution in [3.05, 3.63) is 29.3 Å². The van der Waals surface area contributed by atoms with E-state index in [0.29, 0.717) is 11.4 Å². The van der Waals surface area contributed by atoms with Crippen LogP contribution in [0.25, 0.3) is 0 Å². The van der Waals surface area contributed by atoms with Crippen LogP contribution in [-0.2, 0) is 16.6 Å². The lowest BCUT2D eigenvalue weighted by Gasteiger charge is -2.24. The maximum atomic E-state index is 12.5. The smallest absolute Gasteiger partial charge is 0.241 e. The second-order valence-corrected chi connectivity index (χ2v) is 7.37. The molecule has 114 valence electrons. The zero-order valence-electron chi connectivity index (χ0n) is 13.1. The Balaban J connectivity index is 3.10. The molecule has 0 saturated carbocycles. The predicted octanol–water partition coefficient (Wildman–Crippen LogP) is 2.57. The van der Waals surface area contributed by atoms with Gasteiger partial charge in [-0.05, 0) is 50.9 Å². The lowest BCUT2D eigenvalue weighted by Crippen LogP contribution is -2.42. The summed E-state index contributed by atoms with van der Waals surface area (Å²) in [4.78, 5) is 0.370. The van der Waals surface area contributed by atoms with Crippen LogP contribution in [0.2, 0.25) is 0 Å². The van der Waals surface area contributed by atoms with Crippen LogP contribution in [0.3, 0.4) is 0 Å². The molecule has 0 spiro atoms. The lowest BCUT2D eigenvalue weighted by molar-refractivity contribution is 0.439. The summed E-state index contributed by atoms with van der Waals surface area (Å²) in [5, 5.41) is 3.21. The summed E-state index contributed by atoms with van der Waals surface area (Å²) in [6, 6.07) is 5.58. The van der Waals surface area contributed by atoms with Crippen LogP contribution >= 0.6 is 0 Å². The first-order valence-corrected chi connectivity index (χ1v) is 8.54. The molecule has 0 heterocycles. The standard InChI is InChI=1S/C15H26N2O2S/c1-6-15(4,5)17-20(18,19)14-10-13(11-16-7-2)9-8-12(14)3/h8-10,16-17H,6-7,11H2,1-5H3. The summed E-state index contributed by atoms with van der Waals surface area (Å²) in [6.45, 7) is 11.1. The molecule has 0 amide bonds. The Hall–Kier alpha value is -0.910. The van der Waals surface area contributed by atoms with Crippen molar-refractivity contribution in [2.75, 3.05) is 6.54 Å². The van der Waals surface area contributed by atoms with Crippen LogP contribution in [0.1, 0.15) is 45.2 Å². The van der Waals surface area contributed by atoms with Gasteiger partial charge < -0.3 is 5.32 Å². The van der Waals surface area contributed by atoms with Crippen molar-refractivity contribution in [1.82, 2.24) is 10.0 Å². The molecule has 0 radical (unpaired) electrons. The number of benzene rings is 1. The molecule has 1 rings (SSSR count). The van der Waals surface area contributed by atoms with E-state index in [2.05, 4.69) is 10.0 Å². The summed E-state index contributed by atoms with van der Waals surface area (Å²) in [5.41, 5.74) is 1.31. The highest BCUT2D eigenvalue weighted by Gasteiger charge is 2.25. The molecule has 0 aliphatic carbocycles. The van der Waals surface area contributed by atoms with Gasteiger partial charge in [0.05, 0.1) is 4.90 Å². The summed E-state index contributed by atoms with van der Waals surface area (Å²) in [7, 11) is -3.49. The van der Waals surface area contributed by atoms with Crippen LogP contribution in [0.4, 0.5) is 0 Å². The number of rotatable bonds is 7. The van der Waals surface area contributed by atoms with Crippen molar-refractivity contribution in [2.45, 2.75) is 58.0 Å². The van der Waals surface area contributed by atoms with E-state index in [-0.39, 0.29) is 0 Å². The molecular weight excluding hydrogens is 272 g/mol. The van der Waals surface area contributed by atoms with Gasteiger partial charge in [-0.2, -0.15) is 0 Å². The molecule has 0 aliphatic heterocycles. The average molecular weight is 298 g/mol. The van der Waals surface area contributed by atoms with Crippen molar-refractivity contribution in [3.63, 3.8) is 0 Å². The van der Waals surface area contributed by atoms with Gasteiger partial charge in [0.1, 0.15) is 0 Å². The van der Waals surface area contributed by atoms with E-state index < -0.39 is 15.6 Å². The molecule has 0 fully saturated rings. The number of aryl methyl sites for hydroxylation is 1. The minimum absolute atomic E-state index is 0.370. The van der Waals surface area contributed by atoms with Crippen LogP contribution in [0.15, 0.2) is 23.1 Å². The molecule has 4 nitrogen and oxygen atoms in total. The van der Waals surface area contributed by atoms with Crippen LogP contribution in [0, 0.1) is 6.92 Å². The first-order valence-electron chi connectivity index (χ1n) is 7.06. The fraction of sp³-hybridized carbons (Fsp3) is 0.600. The molecule has 20 heavy (non-hydrogen) atoms. The van der Waals surface area contributed by atoms with Gasteiger partial charge in [0.15, 0.2) is 0 Å². The van der Waals surface area contributed by atoms with Gasteiger partial charge in [-0.1, -0.05) is 26.0 Å². The molecule has 0 aromatic heterocycles. The summed E-state index contributed by atoms with van der Waals surface area (Å²) in [6.07, 6.45) is 0.738. The van der Waals surface area contributed by atoms with E-state index in [1.807, 2.05) is 46.8 Å². The van der Waals surface area contributed by atoms with Gasteiger partial charge >= 0.3 is 0 Å². The summed E-state index contributed by atoms with van der Waals surface area (Å²) in [5.74, 6) is 0. The molecule has 0 atom stereocenters. The number of sulfonamides is 1. The topological polar surface area (TPSA) is 58.2 Å². The third-order valence-corrected chi connectivity index (χ3v) is 5.26. The Kier molecular flexibility index (Phi) is 5.74. The van der Waals surface area contributed by atoms with Gasteiger partial charge in [-0.3, -0.25) is 0 Å². The largest absolute Gasteiger partial charge is 0.313 e. The third kappa shape index (κ3) is 4.58. The maximum absolute atomic E-state index is 12.5. The monoisotopic (exact) mass is 298 g/mol. The van der Waals surface area contributed by atoms with Crippen LogP contribution in [0.5, 0.6) is 0 Å². The van der Waals surface area contributed by atoms with Gasteiger partial charge in [-0.25, -0.2) is 13.1 Å². The maximum Gasteiger partial charge on any atom is 0.241 e. The van der Waals surface area contributed by atoms with Crippen molar-refractivity contribution >= 4 is 10.0 Å². The third-order valence-electron chi connectivity index (χ3n) is 3.42. The molecular formula is C15H26N2O2S. The van der Waals surface area contributed by atoms with Crippen LogP contribution < -0.4 is 10.0 Å². The van der Waals surface area contributed by atoms with Gasteiger partial charge in [-0.15, -0.1) is 0 Å². The Bertz CT molecular complexity index is 551. The second kappa shape index (κ2) is 6.70. The SMILES string of the molecule is CCNCc1ccc(C)c(S(=O)(=O)NC(C)(C)CC)c1. The first-order chi connectivity index (χ1) is 9.22. The molecule has 2 N–H and O–H groups in total. The van der Waals surface area contributed by atoms with E-state index in [9.17, 15) is 8.42 Å². The van der Waals surface area contributed by atoms with Crippen LogP contribution in [-0.4, -0.2) is 20.5 Å². The Labute approximate surface area is 123 Å². The van der Waals surface area contributed by atoms with E-state index in [1.165, 1.54) is 0 Å². The predicted molar refractivity (Wildman–Crippen MR) is 83.3 cm³/mol. The lowest BCUT2D eigenvalue weighted by atomic mass is 10.0. The molecule has 0 aliphatic rings. The summed E-state index contributed by atoms with van der Waals surface area (Å²) >= 11 is 0. The second-order valence-electron chi connectivity index (χ2n) is 5.72. The Morgan fingerprint density at radius 1 is 1.20 bits per heavy atom. The van der Waals surface area contributed by atoms with E-state index in [4.69, 9.17) is 0 Å². The van der Waals surface area contributed by atoms with Gasteiger partial charge in [0, 0.05) is 12.1 Å². The van der Waals surface area contributed by atoms with Gasteiger partial charge in [0.25, 0.3) is 0 Å². The average Bonchev–Trinajstić information content (AvgIpc) is 2.36. The number of hydrogen-bond acceptors (Lipinski definition) is 3. The molecule has 5 heteroatoms. The van der Waals surface area contributed by atoms with E-state index in [0.717, 1.165) is 24.1 Å². The highest BCUT2D eigenvalue weighted by molar-refractivity contribution is 7.89. The number of nitrogens with one attached hydrogen (secondary N) is 2. The van der Waals surface area contributed by atoms with Crippen molar-refractivity contribution in [1.29, 1.82) is 0 Å². The molecule has 1 aromatic rings. The zero-order valence-corrected chi connectivity index (χ0v) is 13.9.